The molecule has 25 heavy (non-hydrogen) atoms. The Morgan fingerprint density at radius 3 is 2.64 bits per heavy atom. The molecule has 6 nitrogen and oxygen atoms in total. The number of rotatable bonds is 5. The Morgan fingerprint density at radius 2 is 2.04 bits per heavy atom. The highest BCUT2D eigenvalue weighted by Crippen LogP contribution is 2.28. The minimum atomic E-state index is -0.905. The van der Waals surface area contributed by atoms with Crippen LogP contribution in [0, 0.1) is 11.3 Å². The lowest BCUT2D eigenvalue weighted by atomic mass is 10.2. The Balaban J connectivity index is 1.98. The van der Waals surface area contributed by atoms with Crippen LogP contribution in [-0.4, -0.2) is 25.5 Å². The fourth-order valence-electron chi connectivity index (χ4n) is 1.96. The molecule has 0 aliphatic heterocycles. The van der Waals surface area contributed by atoms with Gasteiger partial charge in [-0.05, 0) is 30.3 Å². The molecule has 0 saturated carbocycles. The summed E-state index contributed by atoms with van der Waals surface area (Å²) in [6.07, 6.45) is -0.421. The number of benzene rings is 1. The average molecular weight is 398 g/mol. The maximum Gasteiger partial charge on any atom is 0.313 e. The zero-order valence-corrected chi connectivity index (χ0v) is 15.3. The van der Waals surface area contributed by atoms with Crippen LogP contribution in [0.5, 0.6) is 0 Å². The molecule has 2 N–H and O–H groups in total. The number of methoxy groups -OCH3 is 1. The van der Waals surface area contributed by atoms with Crippen LogP contribution in [0.3, 0.4) is 0 Å². The van der Waals surface area contributed by atoms with Crippen LogP contribution in [0.25, 0.3) is 0 Å². The van der Waals surface area contributed by atoms with Crippen LogP contribution < -0.4 is 10.6 Å². The Morgan fingerprint density at radius 1 is 1.28 bits per heavy atom. The van der Waals surface area contributed by atoms with Crippen molar-refractivity contribution in [2.75, 3.05) is 19.0 Å². The van der Waals surface area contributed by atoms with Gasteiger partial charge in [0.1, 0.15) is 12.2 Å². The van der Waals surface area contributed by atoms with Gasteiger partial charge in [-0.15, -0.1) is 11.3 Å². The average Bonchev–Trinajstić information content (AvgIpc) is 3.01. The number of anilines is 1. The van der Waals surface area contributed by atoms with Gasteiger partial charge in [-0.2, -0.15) is 5.26 Å². The zero-order valence-electron chi connectivity index (χ0n) is 13.0. The Labute approximate surface area is 158 Å². The maximum absolute atomic E-state index is 12.0. The lowest BCUT2D eigenvalue weighted by molar-refractivity contribution is -0.136. The molecule has 2 aromatic rings. The Bertz CT molecular complexity index is 832. The van der Waals surface area contributed by atoms with E-state index in [1.165, 1.54) is 36.6 Å². The highest BCUT2D eigenvalue weighted by atomic mass is 35.5. The SMILES string of the molecule is COC(CNC(=O)C(=O)Nc1cc(Cl)ccc1C#N)c1ccc(Cl)s1. The minimum Gasteiger partial charge on any atom is -0.374 e. The summed E-state index contributed by atoms with van der Waals surface area (Å²) >= 11 is 13.0. The fourth-order valence-corrected chi connectivity index (χ4v) is 3.27. The van der Waals surface area contributed by atoms with E-state index in [0.717, 1.165) is 4.88 Å². The highest BCUT2D eigenvalue weighted by Gasteiger charge is 2.19. The molecule has 0 spiro atoms. The van der Waals surface area contributed by atoms with E-state index in [9.17, 15) is 9.59 Å². The number of halogens is 2. The number of carbonyl (C=O) groups is 2. The number of amides is 2. The van der Waals surface area contributed by atoms with E-state index in [1.54, 1.807) is 12.1 Å². The van der Waals surface area contributed by atoms with Gasteiger partial charge < -0.3 is 15.4 Å². The van der Waals surface area contributed by atoms with Crippen molar-refractivity contribution in [2.45, 2.75) is 6.10 Å². The van der Waals surface area contributed by atoms with Crippen molar-refractivity contribution in [1.82, 2.24) is 5.32 Å². The van der Waals surface area contributed by atoms with Crippen molar-refractivity contribution in [3.05, 3.63) is 50.1 Å². The second-order valence-corrected chi connectivity index (χ2v) is 7.02. The first kappa shape index (κ1) is 19.2. The molecule has 9 heteroatoms. The smallest absolute Gasteiger partial charge is 0.313 e. The van der Waals surface area contributed by atoms with Gasteiger partial charge in [0, 0.05) is 23.6 Å². The number of carbonyl (C=O) groups excluding carboxylic acids is 2. The molecule has 2 amide bonds. The first-order valence-corrected chi connectivity index (χ1v) is 8.58. The van der Waals surface area contributed by atoms with Crippen molar-refractivity contribution in [3.63, 3.8) is 0 Å². The molecule has 1 atom stereocenters. The zero-order chi connectivity index (χ0) is 18.4. The monoisotopic (exact) mass is 397 g/mol. The number of nitrogens with zero attached hydrogens (tertiary/aromatic N) is 1. The largest absolute Gasteiger partial charge is 0.374 e. The first-order valence-electron chi connectivity index (χ1n) is 7.01. The van der Waals surface area contributed by atoms with Crippen LogP contribution in [0.4, 0.5) is 5.69 Å². The molecule has 1 heterocycles. The van der Waals surface area contributed by atoms with Crippen molar-refractivity contribution in [3.8, 4) is 6.07 Å². The van der Waals surface area contributed by atoms with Crippen LogP contribution in [0.15, 0.2) is 30.3 Å². The van der Waals surface area contributed by atoms with Gasteiger partial charge >= 0.3 is 11.8 Å². The molecule has 1 unspecified atom stereocenters. The molecule has 2 rings (SSSR count). The highest BCUT2D eigenvalue weighted by molar-refractivity contribution is 7.16. The van der Waals surface area contributed by atoms with Crippen molar-refractivity contribution >= 4 is 52.0 Å². The Hall–Kier alpha value is -2.11. The number of hydrogen-bond donors (Lipinski definition) is 2. The van der Waals surface area contributed by atoms with E-state index in [-0.39, 0.29) is 17.8 Å². The predicted octanol–water partition coefficient (Wildman–Crippen LogP) is 3.37. The van der Waals surface area contributed by atoms with E-state index >= 15 is 0 Å². The molecule has 0 aliphatic rings. The lowest BCUT2D eigenvalue weighted by Gasteiger charge is -2.14. The predicted molar refractivity (Wildman–Crippen MR) is 96.9 cm³/mol. The second kappa shape index (κ2) is 8.83. The standard InChI is InChI=1S/C16H13Cl2N3O3S/c1-24-12(13-4-5-14(18)25-13)8-20-15(22)16(23)21-11-6-10(17)3-2-9(11)7-19/h2-6,12H,8H2,1H3,(H,20,22)(H,21,23). The van der Waals surface area contributed by atoms with E-state index in [0.29, 0.717) is 9.36 Å². The molecule has 1 aromatic carbocycles. The van der Waals surface area contributed by atoms with Crippen LogP contribution in [0.2, 0.25) is 9.36 Å². The molecular formula is C16H13Cl2N3O3S. The van der Waals surface area contributed by atoms with Gasteiger partial charge in [0.2, 0.25) is 0 Å². The summed E-state index contributed by atoms with van der Waals surface area (Å²) < 4.78 is 5.90. The summed E-state index contributed by atoms with van der Waals surface area (Å²) in [5.74, 6) is -1.76. The van der Waals surface area contributed by atoms with Crippen LogP contribution in [0.1, 0.15) is 16.5 Å². The number of hydrogen-bond acceptors (Lipinski definition) is 5. The summed E-state index contributed by atoms with van der Waals surface area (Å²) in [4.78, 5) is 24.8. The normalized spacial score (nSPS) is 11.4. The van der Waals surface area contributed by atoms with Gasteiger partial charge in [-0.25, -0.2) is 0 Å². The summed E-state index contributed by atoms with van der Waals surface area (Å²) in [5.41, 5.74) is 0.372. The van der Waals surface area contributed by atoms with Crippen LogP contribution >= 0.6 is 34.5 Å². The first-order chi connectivity index (χ1) is 11.9. The van der Waals surface area contributed by atoms with Gasteiger partial charge in [0.05, 0.1) is 15.6 Å². The van der Waals surface area contributed by atoms with E-state index in [1.807, 2.05) is 6.07 Å². The van der Waals surface area contributed by atoms with Crippen molar-refractivity contribution < 1.29 is 14.3 Å². The van der Waals surface area contributed by atoms with Crippen molar-refractivity contribution in [2.24, 2.45) is 0 Å². The third-order valence-electron chi connectivity index (χ3n) is 3.20. The van der Waals surface area contributed by atoms with Crippen molar-refractivity contribution in [1.29, 1.82) is 5.26 Å². The van der Waals surface area contributed by atoms with Gasteiger partial charge in [-0.3, -0.25) is 9.59 Å². The minimum absolute atomic E-state index is 0.0975. The second-order valence-electron chi connectivity index (χ2n) is 4.83. The number of nitrogens with one attached hydrogen (secondary N) is 2. The van der Waals surface area contributed by atoms with E-state index < -0.39 is 17.9 Å². The topological polar surface area (TPSA) is 91.2 Å². The molecular weight excluding hydrogens is 385 g/mol. The van der Waals surface area contributed by atoms with Gasteiger partial charge in [0.25, 0.3) is 0 Å². The molecule has 0 radical (unpaired) electrons. The molecule has 0 bridgehead atoms. The number of thiophene rings is 1. The summed E-state index contributed by atoms with van der Waals surface area (Å²) in [6.45, 7) is 0.0975. The quantitative estimate of drug-likeness (QED) is 0.756. The third-order valence-corrected chi connectivity index (χ3v) is 4.76. The Kier molecular flexibility index (Phi) is 6.79. The van der Waals surface area contributed by atoms with Gasteiger partial charge in [0.15, 0.2) is 0 Å². The van der Waals surface area contributed by atoms with Gasteiger partial charge in [-0.1, -0.05) is 23.2 Å². The summed E-state index contributed by atoms with van der Waals surface area (Å²) in [7, 11) is 1.50. The van der Waals surface area contributed by atoms with Crippen LogP contribution in [-0.2, 0) is 14.3 Å². The number of nitriles is 1. The molecule has 0 saturated heterocycles. The summed E-state index contributed by atoms with van der Waals surface area (Å²) in [6, 6.07) is 9.81. The fraction of sp³-hybridized carbons (Fsp3) is 0.188. The lowest BCUT2D eigenvalue weighted by Crippen LogP contribution is -2.38. The van der Waals surface area contributed by atoms with E-state index in [2.05, 4.69) is 10.6 Å². The summed E-state index contributed by atoms with van der Waals surface area (Å²) in [5, 5.41) is 14.2. The molecule has 0 aliphatic carbocycles. The molecule has 0 fully saturated rings. The number of ether oxygens (including phenoxy) is 1. The van der Waals surface area contributed by atoms with E-state index in [4.69, 9.17) is 33.2 Å². The molecule has 130 valence electrons. The third kappa shape index (κ3) is 5.18. The molecule has 1 aromatic heterocycles. The maximum atomic E-state index is 12.0.